The third-order valence-electron chi connectivity index (χ3n) is 4.90. The van der Waals surface area contributed by atoms with Crippen molar-refractivity contribution in [2.45, 2.75) is 40.2 Å². The Morgan fingerprint density at radius 3 is 2.69 bits per heavy atom. The molecule has 0 N–H and O–H groups in total. The van der Waals surface area contributed by atoms with Crippen LogP contribution in [0, 0.1) is 31.0 Å². The van der Waals surface area contributed by atoms with Crippen molar-refractivity contribution in [1.29, 1.82) is 5.26 Å². The molecule has 1 aromatic heterocycles. The minimum atomic E-state index is -0.413. The highest BCUT2D eigenvalue weighted by Gasteiger charge is 2.14. The van der Waals surface area contributed by atoms with E-state index in [2.05, 4.69) is 0 Å². The number of ether oxygens (including phenoxy) is 2. The Labute approximate surface area is 168 Å². The summed E-state index contributed by atoms with van der Waals surface area (Å²) in [5.41, 5.74) is 4.03. The molecule has 6 heteroatoms. The number of benzene rings is 2. The van der Waals surface area contributed by atoms with Crippen LogP contribution in [0.5, 0.6) is 5.75 Å². The van der Waals surface area contributed by atoms with Gasteiger partial charge in [-0.25, -0.2) is 4.39 Å². The molecule has 0 aliphatic rings. The second-order valence-electron chi connectivity index (χ2n) is 6.77. The normalized spacial score (nSPS) is 10.7. The van der Waals surface area contributed by atoms with Crippen molar-refractivity contribution in [1.82, 2.24) is 0 Å². The standard InChI is InChI=1S/C23H22FNO4/c1-4-27-22(26)8-6-16-5-7-21(15(3)14(16)2)28-13-18-10-19(24)9-17-11-20(12-25)29-23(17)18/h5,7,9-11H,4,6,8,13H2,1-3H3. The van der Waals surface area contributed by atoms with Crippen LogP contribution in [-0.2, 0) is 22.6 Å². The number of nitrogens with zero attached hydrogens (tertiary/aromatic N) is 1. The number of hydrogen-bond acceptors (Lipinski definition) is 5. The van der Waals surface area contributed by atoms with Crippen LogP contribution in [0.25, 0.3) is 11.0 Å². The molecular weight excluding hydrogens is 373 g/mol. The van der Waals surface area contributed by atoms with E-state index in [1.54, 1.807) is 6.92 Å². The van der Waals surface area contributed by atoms with Crippen molar-refractivity contribution in [2.24, 2.45) is 0 Å². The Morgan fingerprint density at radius 1 is 1.17 bits per heavy atom. The molecule has 5 nitrogen and oxygen atoms in total. The molecule has 29 heavy (non-hydrogen) atoms. The molecule has 0 aliphatic carbocycles. The van der Waals surface area contributed by atoms with Crippen molar-refractivity contribution in [3.05, 3.63) is 64.2 Å². The molecular formula is C23H22FNO4. The Kier molecular flexibility index (Phi) is 6.18. The zero-order chi connectivity index (χ0) is 21.0. The number of carbonyl (C=O) groups excluding carboxylic acids is 1. The summed E-state index contributed by atoms with van der Waals surface area (Å²) in [6.45, 7) is 6.20. The Hall–Kier alpha value is -3.33. The molecule has 3 rings (SSSR count). The van der Waals surface area contributed by atoms with Crippen LogP contribution in [0.1, 0.15) is 41.4 Å². The molecule has 0 saturated carbocycles. The second-order valence-corrected chi connectivity index (χ2v) is 6.77. The van der Waals surface area contributed by atoms with Crippen LogP contribution in [0.4, 0.5) is 4.39 Å². The molecule has 0 unspecified atom stereocenters. The highest BCUT2D eigenvalue weighted by atomic mass is 19.1. The molecule has 0 radical (unpaired) electrons. The monoisotopic (exact) mass is 395 g/mol. The first-order valence-electron chi connectivity index (χ1n) is 9.42. The van der Waals surface area contributed by atoms with Crippen LogP contribution in [0.3, 0.4) is 0 Å². The van der Waals surface area contributed by atoms with Gasteiger partial charge in [0.05, 0.1) is 6.61 Å². The lowest BCUT2D eigenvalue weighted by Crippen LogP contribution is -2.06. The zero-order valence-electron chi connectivity index (χ0n) is 16.7. The van der Waals surface area contributed by atoms with Crippen LogP contribution >= 0.6 is 0 Å². The summed E-state index contributed by atoms with van der Waals surface area (Å²) in [7, 11) is 0. The van der Waals surface area contributed by atoms with E-state index < -0.39 is 5.82 Å². The summed E-state index contributed by atoms with van der Waals surface area (Å²) in [4.78, 5) is 11.6. The van der Waals surface area contributed by atoms with Gasteiger partial charge in [0, 0.05) is 23.4 Å². The van der Waals surface area contributed by atoms with Crippen molar-refractivity contribution < 1.29 is 23.1 Å². The molecule has 1 heterocycles. The lowest BCUT2D eigenvalue weighted by atomic mass is 9.99. The van der Waals surface area contributed by atoms with Crippen LogP contribution in [-0.4, -0.2) is 12.6 Å². The molecule has 0 atom stereocenters. The Bertz CT molecular complexity index is 1090. The molecule has 0 fully saturated rings. The third-order valence-corrected chi connectivity index (χ3v) is 4.90. The first-order valence-corrected chi connectivity index (χ1v) is 9.42. The van der Waals surface area contributed by atoms with Gasteiger partial charge in [0.15, 0.2) is 0 Å². The van der Waals surface area contributed by atoms with E-state index in [0.29, 0.717) is 41.7 Å². The van der Waals surface area contributed by atoms with Gasteiger partial charge in [-0.05, 0) is 62.1 Å². The number of furan rings is 1. The lowest BCUT2D eigenvalue weighted by Gasteiger charge is -2.15. The summed E-state index contributed by atoms with van der Waals surface area (Å²) in [6.07, 6.45) is 0.926. The predicted molar refractivity (Wildman–Crippen MR) is 106 cm³/mol. The molecule has 2 aromatic carbocycles. The summed E-state index contributed by atoms with van der Waals surface area (Å²) < 4.78 is 30.3. The summed E-state index contributed by atoms with van der Waals surface area (Å²) in [5.74, 6) is 0.176. The largest absolute Gasteiger partial charge is 0.488 e. The fourth-order valence-electron chi connectivity index (χ4n) is 3.25. The van der Waals surface area contributed by atoms with Gasteiger partial charge in [-0.3, -0.25) is 4.79 Å². The molecule has 0 spiro atoms. The van der Waals surface area contributed by atoms with Gasteiger partial charge in [-0.1, -0.05) is 6.07 Å². The zero-order valence-corrected chi connectivity index (χ0v) is 16.7. The Morgan fingerprint density at radius 2 is 1.97 bits per heavy atom. The number of hydrogen-bond donors (Lipinski definition) is 0. The maximum atomic E-state index is 13.9. The number of carbonyl (C=O) groups is 1. The number of nitriles is 1. The molecule has 0 saturated heterocycles. The maximum Gasteiger partial charge on any atom is 0.306 e. The van der Waals surface area contributed by atoms with Gasteiger partial charge in [0.1, 0.15) is 29.8 Å². The summed E-state index contributed by atoms with van der Waals surface area (Å²) in [5, 5.41) is 9.54. The molecule has 150 valence electrons. The lowest BCUT2D eigenvalue weighted by molar-refractivity contribution is -0.143. The van der Waals surface area contributed by atoms with Gasteiger partial charge in [-0.15, -0.1) is 0 Å². The molecule has 3 aromatic rings. The van der Waals surface area contributed by atoms with Gasteiger partial charge < -0.3 is 13.9 Å². The molecule has 0 bridgehead atoms. The van der Waals surface area contributed by atoms with Crippen molar-refractivity contribution in [2.75, 3.05) is 6.61 Å². The Balaban J connectivity index is 1.77. The topological polar surface area (TPSA) is 72.5 Å². The minimum absolute atomic E-state index is 0.106. The van der Waals surface area contributed by atoms with Gasteiger partial charge in [-0.2, -0.15) is 5.26 Å². The second kappa shape index (κ2) is 8.78. The fraction of sp³-hybridized carbons (Fsp3) is 0.304. The number of fused-ring (bicyclic) bond motifs is 1. The van der Waals surface area contributed by atoms with E-state index in [0.717, 1.165) is 16.7 Å². The van der Waals surface area contributed by atoms with Crippen molar-refractivity contribution >= 4 is 16.9 Å². The van der Waals surface area contributed by atoms with E-state index in [1.807, 2.05) is 32.0 Å². The van der Waals surface area contributed by atoms with Crippen molar-refractivity contribution in [3.8, 4) is 11.8 Å². The summed E-state index contributed by atoms with van der Waals surface area (Å²) in [6, 6.07) is 9.89. The van der Waals surface area contributed by atoms with E-state index in [-0.39, 0.29) is 18.3 Å². The van der Waals surface area contributed by atoms with E-state index >= 15 is 0 Å². The van der Waals surface area contributed by atoms with E-state index in [9.17, 15) is 9.18 Å². The predicted octanol–water partition coefficient (Wildman–Crippen LogP) is 5.14. The number of rotatable bonds is 7. The quantitative estimate of drug-likeness (QED) is 0.518. The summed E-state index contributed by atoms with van der Waals surface area (Å²) >= 11 is 0. The van der Waals surface area contributed by atoms with Crippen LogP contribution < -0.4 is 4.74 Å². The first-order chi connectivity index (χ1) is 13.9. The van der Waals surface area contributed by atoms with Crippen LogP contribution in [0.2, 0.25) is 0 Å². The average Bonchev–Trinajstić information content (AvgIpc) is 3.11. The maximum absolute atomic E-state index is 13.9. The smallest absolute Gasteiger partial charge is 0.306 e. The van der Waals surface area contributed by atoms with E-state index in [1.165, 1.54) is 18.2 Å². The first kappa shape index (κ1) is 20.4. The number of halogens is 1. The van der Waals surface area contributed by atoms with Gasteiger partial charge in [0.2, 0.25) is 5.76 Å². The van der Waals surface area contributed by atoms with Gasteiger partial charge in [0.25, 0.3) is 0 Å². The molecule has 0 amide bonds. The molecule has 0 aliphatic heterocycles. The average molecular weight is 395 g/mol. The van der Waals surface area contributed by atoms with E-state index in [4.69, 9.17) is 19.2 Å². The number of esters is 1. The fourth-order valence-corrected chi connectivity index (χ4v) is 3.25. The van der Waals surface area contributed by atoms with Crippen LogP contribution in [0.15, 0.2) is 34.7 Å². The van der Waals surface area contributed by atoms with Crippen molar-refractivity contribution in [3.63, 3.8) is 0 Å². The highest BCUT2D eigenvalue weighted by molar-refractivity contribution is 5.82. The third kappa shape index (κ3) is 4.57. The number of aryl methyl sites for hydroxylation is 1. The SMILES string of the molecule is CCOC(=O)CCc1ccc(OCc2cc(F)cc3cc(C#N)oc23)c(C)c1C. The minimum Gasteiger partial charge on any atom is -0.488 e. The van der Waals surface area contributed by atoms with Gasteiger partial charge >= 0.3 is 5.97 Å². The highest BCUT2D eigenvalue weighted by Crippen LogP contribution is 2.29.